The highest BCUT2D eigenvalue weighted by Crippen LogP contribution is 2.40. The molecule has 3 N–H and O–H groups in total. The van der Waals surface area contributed by atoms with Gasteiger partial charge in [0.1, 0.15) is 11.6 Å². The molecule has 6 rings (SSSR count). The zero-order chi connectivity index (χ0) is 24.1. The van der Waals surface area contributed by atoms with Crippen molar-refractivity contribution in [1.82, 2.24) is 9.97 Å². The number of pyridine rings is 1. The smallest absolute Gasteiger partial charge is 0.408 e. The molecular formula is C27H22F2N4O2. The van der Waals surface area contributed by atoms with Crippen LogP contribution in [0, 0.1) is 11.6 Å². The van der Waals surface area contributed by atoms with Crippen molar-refractivity contribution < 1.29 is 13.2 Å². The van der Waals surface area contributed by atoms with E-state index in [2.05, 4.69) is 14.9 Å². The Labute approximate surface area is 199 Å². The van der Waals surface area contributed by atoms with Crippen LogP contribution in [0.5, 0.6) is 0 Å². The molecule has 1 aliphatic rings. The predicted molar refractivity (Wildman–Crippen MR) is 132 cm³/mol. The van der Waals surface area contributed by atoms with E-state index in [-0.39, 0.29) is 6.04 Å². The number of anilines is 1. The monoisotopic (exact) mass is 472 g/mol. The Balaban J connectivity index is 1.57. The SMILES string of the molecule is NC1CCN(c2c(-c3cc(F)cc(F)c3)cnc3ccc(-c4ccc5oc(=O)[nH]c5c4)cc23)CC1. The molecule has 3 aromatic carbocycles. The second-order valence-electron chi connectivity index (χ2n) is 8.96. The van der Waals surface area contributed by atoms with Gasteiger partial charge in [-0.2, -0.15) is 0 Å². The lowest BCUT2D eigenvalue weighted by atomic mass is 9.96. The number of nitrogens with two attached hydrogens (primary N) is 1. The molecule has 8 heteroatoms. The lowest BCUT2D eigenvalue weighted by Crippen LogP contribution is -2.40. The number of aromatic amines is 1. The van der Waals surface area contributed by atoms with Crippen LogP contribution in [0.4, 0.5) is 14.5 Å². The van der Waals surface area contributed by atoms with Gasteiger partial charge in [0.05, 0.1) is 16.7 Å². The van der Waals surface area contributed by atoms with Crippen molar-refractivity contribution in [2.75, 3.05) is 18.0 Å². The van der Waals surface area contributed by atoms with E-state index >= 15 is 0 Å². The van der Waals surface area contributed by atoms with E-state index in [1.807, 2.05) is 30.3 Å². The molecule has 2 aromatic heterocycles. The summed E-state index contributed by atoms with van der Waals surface area (Å²) in [5.74, 6) is -1.77. The average Bonchev–Trinajstić information content (AvgIpc) is 3.22. The number of piperidine rings is 1. The maximum absolute atomic E-state index is 14.1. The Morgan fingerprint density at radius 1 is 0.943 bits per heavy atom. The van der Waals surface area contributed by atoms with E-state index in [1.54, 1.807) is 12.3 Å². The van der Waals surface area contributed by atoms with E-state index < -0.39 is 17.4 Å². The Hall–Kier alpha value is -4.04. The number of H-pyrrole nitrogens is 1. The first kappa shape index (κ1) is 21.5. The van der Waals surface area contributed by atoms with Crippen LogP contribution in [-0.2, 0) is 0 Å². The summed E-state index contributed by atoms with van der Waals surface area (Å²) in [6.45, 7) is 1.47. The fourth-order valence-electron chi connectivity index (χ4n) is 4.87. The first-order chi connectivity index (χ1) is 16.9. The molecule has 1 fully saturated rings. The minimum absolute atomic E-state index is 0.133. The lowest BCUT2D eigenvalue weighted by Gasteiger charge is -2.34. The number of rotatable bonds is 3. The van der Waals surface area contributed by atoms with E-state index in [1.165, 1.54) is 12.1 Å². The number of oxazole rings is 1. The second kappa shape index (κ2) is 8.32. The van der Waals surface area contributed by atoms with Crippen LogP contribution in [0.1, 0.15) is 12.8 Å². The molecule has 1 saturated heterocycles. The van der Waals surface area contributed by atoms with Crippen LogP contribution in [0.3, 0.4) is 0 Å². The number of nitrogens with zero attached hydrogens (tertiary/aromatic N) is 2. The number of hydrogen-bond donors (Lipinski definition) is 2. The lowest BCUT2D eigenvalue weighted by molar-refractivity contribution is 0.502. The molecule has 3 heterocycles. The molecule has 0 aliphatic carbocycles. The Morgan fingerprint density at radius 3 is 2.43 bits per heavy atom. The normalized spacial score (nSPS) is 14.8. The third kappa shape index (κ3) is 3.95. The highest BCUT2D eigenvalue weighted by atomic mass is 19.1. The molecule has 0 unspecified atom stereocenters. The highest BCUT2D eigenvalue weighted by molar-refractivity contribution is 6.02. The van der Waals surface area contributed by atoms with Crippen LogP contribution in [0.15, 0.2) is 70.0 Å². The van der Waals surface area contributed by atoms with E-state index in [4.69, 9.17) is 10.2 Å². The molecule has 0 spiro atoms. The highest BCUT2D eigenvalue weighted by Gasteiger charge is 2.23. The third-order valence-electron chi connectivity index (χ3n) is 6.62. The molecule has 5 aromatic rings. The van der Waals surface area contributed by atoms with Crippen LogP contribution < -0.4 is 16.4 Å². The van der Waals surface area contributed by atoms with Crippen molar-refractivity contribution >= 4 is 27.7 Å². The van der Waals surface area contributed by atoms with Gasteiger partial charge in [-0.1, -0.05) is 12.1 Å². The molecule has 0 amide bonds. The fraction of sp³-hybridized carbons (Fsp3) is 0.185. The van der Waals surface area contributed by atoms with Crippen molar-refractivity contribution in [2.24, 2.45) is 5.73 Å². The van der Waals surface area contributed by atoms with Crippen molar-refractivity contribution in [2.45, 2.75) is 18.9 Å². The van der Waals surface area contributed by atoms with Crippen LogP contribution >= 0.6 is 0 Å². The third-order valence-corrected chi connectivity index (χ3v) is 6.62. The Kier molecular flexibility index (Phi) is 5.11. The number of fused-ring (bicyclic) bond motifs is 2. The van der Waals surface area contributed by atoms with Crippen molar-refractivity contribution in [1.29, 1.82) is 0 Å². The molecule has 176 valence electrons. The summed E-state index contributed by atoms with van der Waals surface area (Å²) in [5, 5.41) is 0.876. The molecule has 0 bridgehead atoms. The average molecular weight is 472 g/mol. The number of nitrogens with one attached hydrogen (secondary N) is 1. The summed E-state index contributed by atoms with van der Waals surface area (Å²) in [4.78, 5) is 21.1. The molecule has 0 atom stereocenters. The minimum atomic E-state index is -0.636. The predicted octanol–water partition coefficient (Wildman–Crippen LogP) is 5.21. The first-order valence-corrected chi connectivity index (χ1v) is 11.5. The molecule has 0 radical (unpaired) electrons. The standard InChI is InChI=1S/C27H22F2N4O2/c28-18-9-17(10-19(29)13-18)22-14-31-23-3-1-15(16-2-4-25-24(12-16)32-27(34)35-25)11-21(23)26(22)33-7-5-20(30)6-8-33/h1-4,9-14,20H,5-8,30H2,(H,32,34). The Bertz CT molecular complexity index is 1610. The van der Waals surface area contributed by atoms with Gasteiger partial charge in [-0.25, -0.2) is 13.6 Å². The quantitative estimate of drug-likeness (QED) is 0.376. The maximum Gasteiger partial charge on any atom is 0.417 e. The minimum Gasteiger partial charge on any atom is -0.408 e. The van der Waals surface area contributed by atoms with Gasteiger partial charge in [-0.15, -0.1) is 0 Å². The summed E-state index contributed by atoms with van der Waals surface area (Å²) in [6.07, 6.45) is 3.33. The summed E-state index contributed by atoms with van der Waals surface area (Å²) < 4.78 is 33.4. The fourth-order valence-corrected chi connectivity index (χ4v) is 4.87. The molecule has 6 nitrogen and oxygen atoms in total. The first-order valence-electron chi connectivity index (χ1n) is 11.5. The summed E-state index contributed by atoms with van der Waals surface area (Å²) in [6, 6.07) is 15.1. The van der Waals surface area contributed by atoms with Crippen LogP contribution in [0.2, 0.25) is 0 Å². The number of aromatic nitrogens is 2. The van der Waals surface area contributed by atoms with Gasteiger partial charge in [0.25, 0.3) is 0 Å². The van der Waals surface area contributed by atoms with Gasteiger partial charge in [0, 0.05) is 42.3 Å². The van der Waals surface area contributed by atoms with Gasteiger partial charge >= 0.3 is 5.76 Å². The second-order valence-corrected chi connectivity index (χ2v) is 8.96. The largest absolute Gasteiger partial charge is 0.417 e. The topological polar surface area (TPSA) is 88.2 Å². The van der Waals surface area contributed by atoms with Gasteiger partial charge in [0.15, 0.2) is 5.58 Å². The van der Waals surface area contributed by atoms with Gasteiger partial charge in [0.2, 0.25) is 0 Å². The van der Waals surface area contributed by atoms with Gasteiger partial charge in [-0.05, 0) is 65.9 Å². The molecular weight excluding hydrogens is 450 g/mol. The summed E-state index contributed by atoms with van der Waals surface area (Å²) >= 11 is 0. The Morgan fingerprint density at radius 2 is 1.66 bits per heavy atom. The van der Waals surface area contributed by atoms with Crippen LogP contribution in [-0.4, -0.2) is 29.1 Å². The zero-order valence-electron chi connectivity index (χ0n) is 18.7. The molecule has 0 saturated carbocycles. The number of hydrogen-bond acceptors (Lipinski definition) is 5. The maximum atomic E-state index is 14.1. The molecule has 1 aliphatic heterocycles. The van der Waals surface area contributed by atoms with Crippen molar-refractivity contribution in [3.05, 3.63) is 83.0 Å². The van der Waals surface area contributed by atoms with E-state index in [0.29, 0.717) is 22.2 Å². The van der Waals surface area contributed by atoms with Crippen molar-refractivity contribution in [3.8, 4) is 22.3 Å². The summed E-state index contributed by atoms with van der Waals surface area (Å²) in [5.41, 5.74) is 11.8. The van der Waals surface area contributed by atoms with Crippen LogP contribution in [0.25, 0.3) is 44.3 Å². The number of benzene rings is 3. The van der Waals surface area contributed by atoms with Gasteiger partial charge in [-0.3, -0.25) is 9.97 Å². The molecule has 35 heavy (non-hydrogen) atoms. The summed E-state index contributed by atoms with van der Waals surface area (Å²) in [7, 11) is 0. The van der Waals surface area contributed by atoms with E-state index in [0.717, 1.165) is 59.7 Å². The van der Waals surface area contributed by atoms with Crippen molar-refractivity contribution in [3.63, 3.8) is 0 Å². The van der Waals surface area contributed by atoms with E-state index in [9.17, 15) is 13.6 Å². The number of halogens is 2. The zero-order valence-corrected chi connectivity index (χ0v) is 18.7. The van der Waals surface area contributed by atoms with Gasteiger partial charge < -0.3 is 15.1 Å².